The average molecular weight is 287 g/mol. The fourth-order valence-corrected chi connectivity index (χ4v) is 2.42. The van der Waals surface area contributed by atoms with Gasteiger partial charge in [-0.25, -0.2) is 4.98 Å². The highest BCUT2D eigenvalue weighted by Crippen LogP contribution is 2.25. The molecule has 1 heterocycles. The van der Waals surface area contributed by atoms with E-state index in [0.29, 0.717) is 22.9 Å². The van der Waals surface area contributed by atoms with Crippen molar-refractivity contribution in [2.24, 2.45) is 5.73 Å². The lowest BCUT2D eigenvalue weighted by molar-refractivity contribution is 0.501. The van der Waals surface area contributed by atoms with Gasteiger partial charge in [-0.3, -0.25) is 0 Å². The Balaban J connectivity index is 1.72. The Labute approximate surface area is 122 Å². The minimum atomic E-state index is -0.0123. The number of aryl methyl sites for hydroxylation is 1. The van der Waals surface area contributed by atoms with Gasteiger partial charge in [-0.05, 0) is 24.1 Å². The standard InChI is InChI=1S/C16H15ClN2O/c17-12-7-4-8-14-16(12)20-15(19-14)10-9-13(18)11-5-2-1-3-6-11/h1-8,13H,9-10,18H2. The second-order valence-corrected chi connectivity index (χ2v) is 5.16. The maximum Gasteiger partial charge on any atom is 0.195 e. The van der Waals surface area contributed by atoms with Crippen LogP contribution in [0.25, 0.3) is 11.1 Å². The predicted octanol–water partition coefficient (Wildman–Crippen LogP) is 4.11. The van der Waals surface area contributed by atoms with E-state index in [1.54, 1.807) is 6.07 Å². The van der Waals surface area contributed by atoms with Gasteiger partial charge >= 0.3 is 0 Å². The first kappa shape index (κ1) is 13.2. The van der Waals surface area contributed by atoms with Crippen LogP contribution in [0.3, 0.4) is 0 Å². The van der Waals surface area contributed by atoms with E-state index in [1.807, 2.05) is 42.5 Å². The van der Waals surface area contributed by atoms with Crippen LogP contribution in [0.1, 0.15) is 23.9 Å². The van der Waals surface area contributed by atoms with Crippen LogP contribution in [0.4, 0.5) is 0 Å². The van der Waals surface area contributed by atoms with Crippen LogP contribution < -0.4 is 5.73 Å². The number of halogens is 1. The molecule has 0 bridgehead atoms. The van der Waals surface area contributed by atoms with Crippen LogP contribution in [0.15, 0.2) is 52.9 Å². The molecule has 0 radical (unpaired) electrons. The molecule has 0 spiro atoms. The minimum absolute atomic E-state index is 0.0123. The lowest BCUT2D eigenvalue weighted by Crippen LogP contribution is -2.11. The zero-order chi connectivity index (χ0) is 13.9. The Morgan fingerprint density at radius 2 is 1.90 bits per heavy atom. The number of hydrogen-bond acceptors (Lipinski definition) is 3. The number of nitrogens with zero attached hydrogens (tertiary/aromatic N) is 1. The Morgan fingerprint density at radius 1 is 1.10 bits per heavy atom. The summed E-state index contributed by atoms with van der Waals surface area (Å²) < 4.78 is 5.69. The van der Waals surface area contributed by atoms with Crippen LogP contribution in [0, 0.1) is 0 Å². The summed E-state index contributed by atoms with van der Waals surface area (Å²) in [6.45, 7) is 0. The summed E-state index contributed by atoms with van der Waals surface area (Å²) in [4.78, 5) is 4.43. The van der Waals surface area contributed by atoms with Crippen LogP contribution >= 0.6 is 11.6 Å². The quantitative estimate of drug-likeness (QED) is 0.785. The number of rotatable bonds is 4. The average Bonchev–Trinajstić information content (AvgIpc) is 2.90. The molecule has 2 aromatic carbocycles. The first-order chi connectivity index (χ1) is 9.74. The van der Waals surface area contributed by atoms with Gasteiger partial charge in [-0.2, -0.15) is 0 Å². The molecule has 1 unspecified atom stereocenters. The van der Waals surface area contributed by atoms with Crippen LogP contribution in [-0.2, 0) is 6.42 Å². The highest BCUT2D eigenvalue weighted by atomic mass is 35.5. The molecule has 0 aliphatic rings. The van der Waals surface area contributed by atoms with Gasteiger partial charge in [0.05, 0.1) is 5.02 Å². The van der Waals surface area contributed by atoms with Crippen molar-refractivity contribution >= 4 is 22.7 Å². The SMILES string of the molecule is NC(CCc1nc2cccc(Cl)c2o1)c1ccccc1. The van der Waals surface area contributed by atoms with Gasteiger partial charge in [0, 0.05) is 12.5 Å². The molecule has 0 fully saturated rings. The van der Waals surface area contributed by atoms with Crippen LogP contribution in [0.2, 0.25) is 5.02 Å². The summed E-state index contributed by atoms with van der Waals surface area (Å²) in [5.41, 5.74) is 8.74. The zero-order valence-corrected chi connectivity index (χ0v) is 11.7. The molecule has 0 aliphatic heterocycles. The number of aromatic nitrogens is 1. The molecule has 2 N–H and O–H groups in total. The highest BCUT2D eigenvalue weighted by molar-refractivity contribution is 6.34. The molecule has 1 aromatic heterocycles. The molecular weight excluding hydrogens is 272 g/mol. The van der Waals surface area contributed by atoms with Crippen molar-refractivity contribution in [3.05, 3.63) is 65.0 Å². The van der Waals surface area contributed by atoms with Gasteiger partial charge < -0.3 is 10.2 Å². The molecule has 0 saturated heterocycles. The van der Waals surface area contributed by atoms with Crippen molar-refractivity contribution < 1.29 is 4.42 Å². The molecule has 102 valence electrons. The minimum Gasteiger partial charge on any atom is -0.439 e. The van der Waals surface area contributed by atoms with E-state index in [9.17, 15) is 0 Å². The number of benzene rings is 2. The Kier molecular flexibility index (Phi) is 3.72. The molecule has 0 amide bonds. The number of oxazole rings is 1. The number of nitrogens with two attached hydrogens (primary N) is 1. The van der Waals surface area contributed by atoms with E-state index in [-0.39, 0.29) is 6.04 Å². The first-order valence-corrected chi connectivity index (χ1v) is 6.96. The lowest BCUT2D eigenvalue weighted by atomic mass is 10.0. The molecule has 0 saturated carbocycles. The highest BCUT2D eigenvalue weighted by Gasteiger charge is 2.11. The number of para-hydroxylation sites is 1. The molecule has 3 rings (SSSR count). The second-order valence-electron chi connectivity index (χ2n) is 4.75. The maximum atomic E-state index is 6.17. The summed E-state index contributed by atoms with van der Waals surface area (Å²) in [6, 6.07) is 15.6. The summed E-state index contributed by atoms with van der Waals surface area (Å²) >= 11 is 6.07. The Morgan fingerprint density at radius 3 is 2.65 bits per heavy atom. The summed E-state index contributed by atoms with van der Waals surface area (Å²) in [7, 11) is 0. The Bertz CT molecular complexity index is 709. The number of fused-ring (bicyclic) bond motifs is 1. The molecular formula is C16H15ClN2O. The van der Waals surface area contributed by atoms with Gasteiger partial charge in [-0.15, -0.1) is 0 Å². The second kappa shape index (κ2) is 5.65. The first-order valence-electron chi connectivity index (χ1n) is 6.58. The van der Waals surface area contributed by atoms with E-state index >= 15 is 0 Å². The van der Waals surface area contributed by atoms with Crippen molar-refractivity contribution in [3.63, 3.8) is 0 Å². The Hall–Kier alpha value is -1.84. The molecule has 0 aliphatic carbocycles. The van der Waals surface area contributed by atoms with Gasteiger partial charge in [-0.1, -0.05) is 48.0 Å². The van der Waals surface area contributed by atoms with Crippen molar-refractivity contribution in [2.75, 3.05) is 0 Å². The predicted molar refractivity (Wildman–Crippen MR) is 80.7 cm³/mol. The van der Waals surface area contributed by atoms with E-state index in [1.165, 1.54) is 0 Å². The molecule has 20 heavy (non-hydrogen) atoms. The topological polar surface area (TPSA) is 52.0 Å². The van der Waals surface area contributed by atoms with E-state index in [0.717, 1.165) is 17.5 Å². The van der Waals surface area contributed by atoms with E-state index < -0.39 is 0 Å². The molecule has 4 heteroatoms. The number of hydrogen-bond donors (Lipinski definition) is 1. The van der Waals surface area contributed by atoms with Gasteiger partial charge in [0.25, 0.3) is 0 Å². The lowest BCUT2D eigenvalue weighted by Gasteiger charge is -2.10. The van der Waals surface area contributed by atoms with Crippen molar-refractivity contribution in [1.82, 2.24) is 4.98 Å². The zero-order valence-electron chi connectivity index (χ0n) is 10.9. The summed E-state index contributed by atoms with van der Waals surface area (Å²) in [5, 5.41) is 0.591. The van der Waals surface area contributed by atoms with Gasteiger partial charge in [0.15, 0.2) is 11.5 Å². The fourth-order valence-electron chi connectivity index (χ4n) is 2.21. The normalized spacial score (nSPS) is 12.7. The smallest absolute Gasteiger partial charge is 0.195 e. The fraction of sp³-hybridized carbons (Fsp3) is 0.188. The maximum absolute atomic E-state index is 6.17. The van der Waals surface area contributed by atoms with Gasteiger partial charge in [0.1, 0.15) is 5.52 Å². The third-order valence-corrected chi connectivity index (χ3v) is 3.61. The van der Waals surface area contributed by atoms with Crippen molar-refractivity contribution in [2.45, 2.75) is 18.9 Å². The van der Waals surface area contributed by atoms with Crippen LogP contribution in [-0.4, -0.2) is 4.98 Å². The molecule has 3 nitrogen and oxygen atoms in total. The van der Waals surface area contributed by atoms with Crippen molar-refractivity contribution in [1.29, 1.82) is 0 Å². The monoisotopic (exact) mass is 286 g/mol. The van der Waals surface area contributed by atoms with E-state index in [4.69, 9.17) is 21.8 Å². The van der Waals surface area contributed by atoms with Crippen LogP contribution in [0.5, 0.6) is 0 Å². The molecule has 1 atom stereocenters. The third-order valence-electron chi connectivity index (χ3n) is 3.31. The largest absolute Gasteiger partial charge is 0.439 e. The van der Waals surface area contributed by atoms with E-state index in [2.05, 4.69) is 4.98 Å². The third kappa shape index (κ3) is 2.69. The molecule has 3 aromatic rings. The summed E-state index contributed by atoms with van der Waals surface area (Å²) in [5.74, 6) is 0.680. The van der Waals surface area contributed by atoms with Gasteiger partial charge in [0.2, 0.25) is 0 Å². The summed E-state index contributed by atoms with van der Waals surface area (Å²) in [6.07, 6.45) is 1.48. The van der Waals surface area contributed by atoms with Crippen molar-refractivity contribution in [3.8, 4) is 0 Å².